The van der Waals surface area contributed by atoms with E-state index in [1.807, 2.05) is 0 Å². The highest BCUT2D eigenvalue weighted by Crippen LogP contribution is 2.68. The van der Waals surface area contributed by atoms with Crippen molar-refractivity contribution in [1.82, 2.24) is 9.88 Å². The zero-order valence-electron chi connectivity index (χ0n) is 16.0. The second-order valence-electron chi connectivity index (χ2n) is 8.67. The molecule has 7 nitrogen and oxygen atoms in total. The van der Waals surface area contributed by atoms with Gasteiger partial charge in [0.1, 0.15) is 12.4 Å². The van der Waals surface area contributed by atoms with Gasteiger partial charge in [0, 0.05) is 16.0 Å². The van der Waals surface area contributed by atoms with Crippen molar-refractivity contribution >= 4 is 40.9 Å². The van der Waals surface area contributed by atoms with E-state index in [1.165, 1.54) is 12.1 Å². The van der Waals surface area contributed by atoms with Crippen molar-refractivity contribution in [2.45, 2.75) is 22.6 Å². The number of fused-ring (bicyclic) bond motifs is 9. The second-order valence-corrected chi connectivity index (χ2v) is 10.9. The number of hydrogen-bond acceptors (Lipinski definition) is 6. The molecular weight excluding hydrogens is 443 g/mol. The highest BCUT2D eigenvalue weighted by atomic mass is 32.2. The summed E-state index contributed by atoms with van der Waals surface area (Å²) in [5, 5.41) is 9.96. The topological polar surface area (TPSA) is 108 Å². The second kappa shape index (κ2) is 6.52. The van der Waals surface area contributed by atoms with Crippen LogP contribution < -0.4 is 4.87 Å². The van der Waals surface area contributed by atoms with Gasteiger partial charge in [0.25, 0.3) is 0 Å². The Hall–Kier alpha value is -2.46. The summed E-state index contributed by atoms with van der Waals surface area (Å²) in [6.45, 7) is -0.603. The molecule has 31 heavy (non-hydrogen) atoms. The van der Waals surface area contributed by atoms with E-state index >= 15 is 0 Å². The lowest BCUT2D eigenvalue weighted by atomic mass is 9.68. The molecule has 0 spiro atoms. The predicted octanol–water partition coefficient (Wildman–Crippen LogP) is 2.13. The number of carbonyl (C=O) groups is 3. The summed E-state index contributed by atoms with van der Waals surface area (Å²) >= 11 is 2.71. The van der Waals surface area contributed by atoms with Crippen LogP contribution in [-0.4, -0.2) is 44.6 Å². The van der Waals surface area contributed by atoms with Crippen LogP contribution in [0.2, 0.25) is 0 Å². The fourth-order valence-electron chi connectivity index (χ4n) is 6.41. The molecule has 2 bridgehead atoms. The molecular formula is C21H17FN2O5S2. The Balaban J connectivity index is 1.45. The van der Waals surface area contributed by atoms with Crippen molar-refractivity contribution in [3.05, 3.63) is 50.2 Å². The van der Waals surface area contributed by atoms with E-state index in [-0.39, 0.29) is 51.4 Å². The lowest BCUT2D eigenvalue weighted by Crippen LogP contribution is -2.42. The van der Waals surface area contributed by atoms with Gasteiger partial charge in [0.15, 0.2) is 0 Å². The number of rotatable bonds is 3. The van der Waals surface area contributed by atoms with Crippen molar-refractivity contribution in [3.8, 4) is 0 Å². The Morgan fingerprint density at radius 3 is 2.48 bits per heavy atom. The highest BCUT2D eigenvalue weighted by Gasteiger charge is 2.69. The quantitative estimate of drug-likeness (QED) is 0.680. The van der Waals surface area contributed by atoms with Gasteiger partial charge in [-0.2, -0.15) is 0 Å². The van der Waals surface area contributed by atoms with Crippen molar-refractivity contribution in [3.63, 3.8) is 0 Å². The summed E-state index contributed by atoms with van der Waals surface area (Å²) in [5.74, 6) is -3.62. The number of hydrogen-bond donors (Lipinski definition) is 2. The summed E-state index contributed by atoms with van der Waals surface area (Å²) in [6, 6.07) is 6.25. The number of nitrogens with zero attached hydrogens (tertiary/aromatic N) is 1. The number of aromatic amines is 1. The number of carboxylic acid groups (broad SMARTS) is 1. The van der Waals surface area contributed by atoms with Crippen molar-refractivity contribution < 1.29 is 23.9 Å². The minimum atomic E-state index is -1.20. The summed E-state index contributed by atoms with van der Waals surface area (Å²) in [7, 11) is 0. The van der Waals surface area contributed by atoms with Gasteiger partial charge >= 0.3 is 10.8 Å². The highest BCUT2D eigenvalue weighted by molar-refractivity contribution is 8.00. The maximum Gasteiger partial charge on any atom is 0.323 e. The molecule has 7 atom stereocenters. The van der Waals surface area contributed by atoms with Crippen LogP contribution in [0.25, 0.3) is 0 Å². The Bertz CT molecular complexity index is 1190. The van der Waals surface area contributed by atoms with Gasteiger partial charge in [0.2, 0.25) is 11.8 Å². The van der Waals surface area contributed by atoms with E-state index in [0.717, 1.165) is 38.1 Å². The smallest absolute Gasteiger partial charge is 0.323 e. The monoisotopic (exact) mass is 460 g/mol. The first-order chi connectivity index (χ1) is 14.8. The molecule has 2 N–H and O–H groups in total. The van der Waals surface area contributed by atoms with Gasteiger partial charge in [-0.05, 0) is 41.9 Å². The van der Waals surface area contributed by atoms with Crippen molar-refractivity contribution in [1.29, 1.82) is 0 Å². The number of thiazole rings is 1. The Labute approximate surface area is 183 Å². The number of nitrogens with one attached hydrogen (secondary N) is 1. The fourth-order valence-corrected chi connectivity index (χ4v) is 9.30. The van der Waals surface area contributed by atoms with Gasteiger partial charge < -0.3 is 10.1 Å². The molecule has 2 amide bonds. The van der Waals surface area contributed by atoms with E-state index in [2.05, 4.69) is 4.98 Å². The van der Waals surface area contributed by atoms with E-state index < -0.39 is 24.3 Å². The average molecular weight is 461 g/mol. The first kappa shape index (κ1) is 19.2. The number of carboxylic acids is 1. The summed E-state index contributed by atoms with van der Waals surface area (Å²) in [5.41, 5.74) is 0.886. The number of H-pyrrole nitrogens is 1. The lowest BCUT2D eigenvalue weighted by molar-refractivity contribution is -0.149. The number of imide groups is 1. The Morgan fingerprint density at radius 1 is 1.13 bits per heavy atom. The van der Waals surface area contributed by atoms with Gasteiger partial charge in [-0.3, -0.25) is 24.1 Å². The zero-order chi connectivity index (χ0) is 21.6. The number of thioether (sulfide) groups is 1. The maximum absolute atomic E-state index is 13.6. The first-order valence-corrected chi connectivity index (χ1v) is 11.8. The van der Waals surface area contributed by atoms with Crippen LogP contribution in [0.5, 0.6) is 0 Å². The van der Waals surface area contributed by atoms with Gasteiger partial charge in [0.05, 0.1) is 16.9 Å². The molecule has 6 rings (SSSR count). The minimum absolute atomic E-state index is 0.0159. The van der Waals surface area contributed by atoms with Gasteiger partial charge in [-0.25, -0.2) is 4.39 Å². The SMILES string of the molecule is O=C(O)CN1C(=O)C2C3CC(C2C1=O)C1C3Sc2[nH]c(=O)sc2[C@@H]1c1ccc(F)cc1. The van der Waals surface area contributed by atoms with Crippen molar-refractivity contribution in [2.24, 2.45) is 29.6 Å². The third-order valence-electron chi connectivity index (χ3n) is 7.34. The maximum atomic E-state index is 13.6. The molecule has 2 aliphatic heterocycles. The van der Waals surface area contributed by atoms with Crippen LogP contribution in [0, 0.1) is 35.4 Å². The number of halogens is 1. The molecule has 1 aromatic carbocycles. The number of benzene rings is 1. The molecule has 6 unspecified atom stereocenters. The third kappa shape index (κ3) is 2.57. The zero-order valence-corrected chi connectivity index (χ0v) is 17.6. The molecule has 1 saturated heterocycles. The molecule has 2 aromatic rings. The molecule has 3 heterocycles. The Morgan fingerprint density at radius 2 is 1.81 bits per heavy atom. The van der Waals surface area contributed by atoms with E-state index in [4.69, 9.17) is 5.11 Å². The lowest BCUT2D eigenvalue weighted by Gasteiger charge is -2.43. The molecule has 3 fully saturated rings. The molecule has 2 saturated carbocycles. The van der Waals surface area contributed by atoms with E-state index in [9.17, 15) is 23.6 Å². The number of carbonyl (C=O) groups excluding carboxylic acids is 2. The summed E-state index contributed by atoms with van der Waals surface area (Å²) in [6.07, 6.45) is 0.729. The third-order valence-corrected chi connectivity index (χ3v) is 9.93. The summed E-state index contributed by atoms with van der Waals surface area (Å²) < 4.78 is 13.6. The van der Waals surface area contributed by atoms with E-state index in [1.54, 1.807) is 23.9 Å². The van der Waals surface area contributed by atoms with Crippen LogP contribution >= 0.6 is 23.1 Å². The average Bonchev–Trinajstić information content (AvgIpc) is 3.44. The number of likely N-dealkylation sites (tertiary alicyclic amines) is 1. The van der Waals surface area contributed by atoms with Crippen LogP contribution in [0.3, 0.4) is 0 Å². The number of amides is 2. The summed E-state index contributed by atoms with van der Waals surface area (Å²) in [4.78, 5) is 53.9. The van der Waals surface area contributed by atoms with Crippen LogP contribution in [-0.2, 0) is 14.4 Å². The predicted molar refractivity (Wildman–Crippen MR) is 109 cm³/mol. The molecule has 0 radical (unpaired) electrons. The molecule has 2 aliphatic carbocycles. The fraction of sp³-hybridized carbons (Fsp3) is 0.429. The van der Waals surface area contributed by atoms with Crippen LogP contribution in [0.1, 0.15) is 22.8 Å². The number of aromatic nitrogens is 1. The molecule has 160 valence electrons. The van der Waals surface area contributed by atoms with E-state index in [0.29, 0.717) is 0 Å². The first-order valence-electron chi connectivity index (χ1n) is 10.1. The van der Waals surface area contributed by atoms with Crippen LogP contribution in [0.4, 0.5) is 4.39 Å². The van der Waals surface area contributed by atoms with Crippen LogP contribution in [0.15, 0.2) is 34.1 Å². The molecule has 1 aromatic heterocycles. The molecule has 10 heteroatoms. The van der Waals surface area contributed by atoms with Crippen molar-refractivity contribution in [2.75, 3.05) is 6.54 Å². The van der Waals surface area contributed by atoms with Gasteiger partial charge in [-0.15, -0.1) is 11.8 Å². The van der Waals surface area contributed by atoms with Gasteiger partial charge in [-0.1, -0.05) is 23.5 Å². The molecule has 4 aliphatic rings. The largest absolute Gasteiger partial charge is 0.480 e. The normalized spacial score (nSPS) is 35.3. The minimum Gasteiger partial charge on any atom is -0.480 e. The Kier molecular flexibility index (Phi) is 4.05. The standard InChI is InChI=1S/C21H17FN2O5S2/c22-8-3-1-7(2-4-8)12-13-9-5-10(16(13)30-18-17(12)31-21(29)23-18)15-14(9)19(27)24(20(15)28)6-11(25)26/h1-4,9-10,12-16H,5-6H2,(H,23,29)(H,25,26)/t9?,10?,12-,13?,14?,15?,16?/m1/s1. The number of aliphatic carboxylic acids is 1.